The molecule has 0 radical (unpaired) electrons. The Labute approximate surface area is 194 Å². The molecule has 0 atom stereocenters. The van der Waals surface area contributed by atoms with E-state index in [2.05, 4.69) is 43.0 Å². The minimum absolute atomic E-state index is 0.0490. The number of rotatable bonds is 5. The number of aryl methyl sites for hydroxylation is 2. The summed E-state index contributed by atoms with van der Waals surface area (Å²) in [5.74, 6) is 2.08. The average molecular weight is 445 g/mol. The van der Waals surface area contributed by atoms with Crippen molar-refractivity contribution < 1.29 is 9.18 Å². The van der Waals surface area contributed by atoms with Crippen molar-refractivity contribution in [1.29, 1.82) is 0 Å². The Hall–Kier alpha value is -3.28. The lowest BCUT2D eigenvalue weighted by Crippen LogP contribution is -2.49. The van der Waals surface area contributed by atoms with Crippen LogP contribution < -0.4 is 4.90 Å². The van der Waals surface area contributed by atoms with E-state index < -0.39 is 0 Å². The van der Waals surface area contributed by atoms with Crippen molar-refractivity contribution >= 4 is 11.7 Å². The van der Waals surface area contributed by atoms with E-state index in [0.29, 0.717) is 37.7 Å². The molecule has 1 saturated carbocycles. The number of hydrogen-bond donors (Lipinski definition) is 0. The molecule has 5 rings (SSSR count). The predicted molar refractivity (Wildman–Crippen MR) is 127 cm³/mol. The zero-order valence-corrected chi connectivity index (χ0v) is 19.2. The zero-order chi connectivity index (χ0) is 22.9. The van der Waals surface area contributed by atoms with E-state index in [1.54, 1.807) is 12.1 Å². The smallest absolute Gasteiger partial charge is 0.253 e. The van der Waals surface area contributed by atoms with Crippen LogP contribution in [0.5, 0.6) is 0 Å². The summed E-state index contributed by atoms with van der Waals surface area (Å²) in [6.07, 6.45) is 3.12. The maximum absolute atomic E-state index is 13.2. The van der Waals surface area contributed by atoms with E-state index in [0.717, 1.165) is 36.6 Å². The Kier molecular flexibility index (Phi) is 5.83. The van der Waals surface area contributed by atoms with Crippen LogP contribution in [0, 0.1) is 19.7 Å². The summed E-state index contributed by atoms with van der Waals surface area (Å²) in [6.45, 7) is 6.85. The molecule has 5 nitrogen and oxygen atoms in total. The molecule has 0 spiro atoms. The van der Waals surface area contributed by atoms with Crippen molar-refractivity contribution in [1.82, 2.24) is 14.9 Å². The third-order valence-electron chi connectivity index (χ3n) is 6.61. The Morgan fingerprint density at radius 3 is 2.24 bits per heavy atom. The molecule has 33 heavy (non-hydrogen) atoms. The largest absolute Gasteiger partial charge is 0.353 e. The van der Waals surface area contributed by atoms with Crippen LogP contribution in [0.2, 0.25) is 0 Å². The van der Waals surface area contributed by atoms with E-state index in [9.17, 15) is 9.18 Å². The molecule has 3 aromatic rings. The second-order valence-corrected chi connectivity index (χ2v) is 9.19. The van der Waals surface area contributed by atoms with E-state index in [1.807, 2.05) is 4.90 Å². The van der Waals surface area contributed by atoms with Crippen molar-refractivity contribution in [2.45, 2.75) is 39.0 Å². The summed E-state index contributed by atoms with van der Waals surface area (Å²) in [7, 11) is 0. The van der Waals surface area contributed by atoms with Gasteiger partial charge in [-0.1, -0.05) is 29.8 Å². The molecule has 6 heteroatoms. The van der Waals surface area contributed by atoms with Gasteiger partial charge in [-0.25, -0.2) is 14.4 Å². The first kappa shape index (κ1) is 21.6. The van der Waals surface area contributed by atoms with Gasteiger partial charge in [0.15, 0.2) is 0 Å². The van der Waals surface area contributed by atoms with Gasteiger partial charge in [-0.2, -0.15) is 0 Å². The molecule has 0 bridgehead atoms. The molecule has 2 aliphatic rings. The quantitative estimate of drug-likeness (QED) is 0.574. The molecule has 1 aromatic heterocycles. The number of anilines is 1. The molecule has 1 aliphatic heterocycles. The Bertz CT molecular complexity index is 1150. The van der Waals surface area contributed by atoms with Gasteiger partial charge in [-0.3, -0.25) is 4.79 Å². The minimum atomic E-state index is -0.330. The molecular weight excluding hydrogens is 415 g/mol. The Morgan fingerprint density at radius 1 is 0.939 bits per heavy atom. The monoisotopic (exact) mass is 444 g/mol. The number of halogens is 1. The van der Waals surface area contributed by atoms with Crippen molar-refractivity contribution in [2.24, 2.45) is 0 Å². The van der Waals surface area contributed by atoms with Crippen LogP contribution in [-0.2, 0) is 6.42 Å². The molecule has 1 aliphatic carbocycles. The second kappa shape index (κ2) is 8.93. The maximum atomic E-state index is 13.2. The van der Waals surface area contributed by atoms with Gasteiger partial charge in [0.2, 0.25) is 0 Å². The van der Waals surface area contributed by atoms with Crippen LogP contribution in [0.25, 0.3) is 0 Å². The summed E-state index contributed by atoms with van der Waals surface area (Å²) in [6, 6.07) is 14.4. The van der Waals surface area contributed by atoms with Gasteiger partial charge in [-0.05, 0) is 56.5 Å². The molecule has 0 unspecified atom stereocenters. The average Bonchev–Trinajstić information content (AvgIpc) is 3.67. The van der Waals surface area contributed by atoms with Gasteiger partial charge in [0.1, 0.15) is 17.5 Å². The van der Waals surface area contributed by atoms with Gasteiger partial charge in [0, 0.05) is 55.3 Å². The fraction of sp³-hybridized carbons (Fsp3) is 0.370. The third-order valence-corrected chi connectivity index (χ3v) is 6.61. The number of carbonyl (C=O) groups is 1. The van der Waals surface area contributed by atoms with E-state index >= 15 is 0 Å². The number of carbonyl (C=O) groups excluding carboxylic acids is 1. The van der Waals surface area contributed by atoms with Crippen LogP contribution in [0.15, 0.2) is 48.5 Å². The Balaban J connectivity index is 1.37. The van der Waals surface area contributed by atoms with Gasteiger partial charge < -0.3 is 9.80 Å². The van der Waals surface area contributed by atoms with Gasteiger partial charge in [-0.15, -0.1) is 0 Å². The summed E-state index contributed by atoms with van der Waals surface area (Å²) < 4.78 is 13.2. The fourth-order valence-corrected chi connectivity index (χ4v) is 4.40. The standard InChI is InChI=1S/C27H29FN4O/c1-18-3-5-20(6-4-18)17-24-19(2)29-25(21-7-8-21)30-26(24)31-13-15-32(16-14-31)27(33)22-9-11-23(28)12-10-22/h3-6,9-12,21H,7-8,13-17H2,1-2H3. The summed E-state index contributed by atoms with van der Waals surface area (Å²) in [5, 5.41) is 0. The topological polar surface area (TPSA) is 49.3 Å². The first-order valence-corrected chi connectivity index (χ1v) is 11.7. The predicted octanol–water partition coefficient (Wildman–Crippen LogP) is 4.66. The highest BCUT2D eigenvalue weighted by molar-refractivity contribution is 5.94. The Morgan fingerprint density at radius 2 is 1.61 bits per heavy atom. The van der Waals surface area contributed by atoms with Crippen LogP contribution in [-0.4, -0.2) is 47.0 Å². The van der Waals surface area contributed by atoms with Gasteiger partial charge in [0.05, 0.1) is 0 Å². The van der Waals surface area contributed by atoms with Gasteiger partial charge in [0.25, 0.3) is 5.91 Å². The molecule has 2 fully saturated rings. The first-order chi connectivity index (χ1) is 16.0. The van der Waals surface area contributed by atoms with Gasteiger partial charge >= 0.3 is 0 Å². The number of aromatic nitrogens is 2. The summed E-state index contributed by atoms with van der Waals surface area (Å²) >= 11 is 0. The number of amides is 1. The molecular formula is C27H29FN4O. The van der Waals surface area contributed by atoms with Crippen molar-refractivity contribution in [3.05, 3.63) is 88.1 Å². The normalized spacial score (nSPS) is 16.2. The van der Waals surface area contributed by atoms with Crippen LogP contribution in [0.4, 0.5) is 10.2 Å². The maximum Gasteiger partial charge on any atom is 0.253 e. The van der Waals surface area contributed by atoms with Crippen molar-refractivity contribution in [2.75, 3.05) is 31.1 Å². The first-order valence-electron chi connectivity index (χ1n) is 11.7. The molecule has 170 valence electrons. The summed E-state index contributed by atoms with van der Waals surface area (Å²) in [4.78, 5) is 26.9. The van der Waals surface area contributed by atoms with Crippen LogP contribution in [0.3, 0.4) is 0 Å². The van der Waals surface area contributed by atoms with Crippen LogP contribution in [0.1, 0.15) is 57.3 Å². The highest BCUT2D eigenvalue weighted by Gasteiger charge is 2.30. The molecule has 1 amide bonds. The molecule has 2 aromatic carbocycles. The number of benzene rings is 2. The summed E-state index contributed by atoms with van der Waals surface area (Å²) in [5.41, 5.74) is 5.24. The third kappa shape index (κ3) is 4.75. The zero-order valence-electron chi connectivity index (χ0n) is 19.2. The number of piperazine rings is 1. The van der Waals surface area contributed by atoms with E-state index in [-0.39, 0.29) is 11.7 Å². The molecule has 0 N–H and O–H groups in total. The minimum Gasteiger partial charge on any atom is -0.353 e. The second-order valence-electron chi connectivity index (χ2n) is 9.19. The number of nitrogens with zero attached hydrogens (tertiary/aromatic N) is 4. The lowest BCUT2D eigenvalue weighted by Gasteiger charge is -2.36. The van der Waals surface area contributed by atoms with E-state index in [4.69, 9.17) is 9.97 Å². The number of hydrogen-bond acceptors (Lipinski definition) is 4. The fourth-order valence-electron chi connectivity index (χ4n) is 4.40. The molecule has 2 heterocycles. The van der Waals surface area contributed by atoms with E-state index in [1.165, 1.54) is 28.8 Å². The highest BCUT2D eigenvalue weighted by Crippen LogP contribution is 2.39. The van der Waals surface area contributed by atoms with Crippen molar-refractivity contribution in [3.63, 3.8) is 0 Å². The van der Waals surface area contributed by atoms with Crippen LogP contribution >= 0.6 is 0 Å². The van der Waals surface area contributed by atoms with Crippen molar-refractivity contribution in [3.8, 4) is 0 Å². The SMILES string of the molecule is Cc1ccc(Cc2c(C)nc(C3CC3)nc2N2CCN(C(=O)c3ccc(F)cc3)CC2)cc1. The molecule has 1 saturated heterocycles. The highest BCUT2D eigenvalue weighted by atomic mass is 19.1. The lowest BCUT2D eigenvalue weighted by molar-refractivity contribution is 0.0746. The lowest BCUT2D eigenvalue weighted by atomic mass is 10.0.